The summed E-state index contributed by atoms with van der Waals surface area (Å²) in [5.74, 6) is -0.419. The van der Waals surface area contributed by atoms with E-state index in [4.69, 9.17) is 9.47 Å². The summed E-state index contributed by atoms with van der Waals surface area (Å²) in [6.45, 7) is 0.236. The minimum absolute atomic E-state index is 0.236. The van der Waals surface area contributed by atoms with E-state index in [2.05, 4.69) is 4.98 Å². The van der Waals surface area contributed by atoms with Crippen molar-refractivity contribution in [3.63, 3.8) is 0 Å². The van der Waals surface area contributed by atoms with Crippen LogP contribution in [0, 0.1) is 0 Å². The Balaban J connectivity index is 1.78. The summed E-state index contributed by atoms with van der Waals surface area (Å²) in [5, 5.41) is 1.07. The van der Waals surface area contributed by atoms with Crippen molar-refractivity contribution in [2.75, 3.05) is 7.11 Å². The quantitative estimate of drug-likeness (QED) is 0.675. The van der Waals surface area contributed by atoms with Gasteiger partial charge in [0, 0.05) is 5.39 Å². The van der Waals surface area contributed by atoms with Gasteiger partial charge in [0.25, 0.3) is 0 Å². The highest BCUT2D eigenvalue weighted by Crippen LogP contribution is 2.21. The van der Waals surface area contributed by atoms with Crippen LogP contribution >= 0.6 is 0 Å². The van der Waals surface area contributed by atoms with Crippen molar-refractivity contribution in [1.29, 1.82) is 0 Å². The molecule has 0 N–H and O–H groups in total. The normalized spacial score (nSPS) is 12.0. The van der Waals surface area contributed by atoms with E-state index in [1.165, 1.54) is 7.11 Å². The van der Waals surface area contributed by atoms with E-state index in [-0.39, 0.29) is 6.61 Å². The number of fused-ring (bicyclic) bond motifs is 1. The zero-order chi connectivity index (χ0) is 16.1. The third-order valence-electron chi connectivity index (χ3n) is 3.57. The van der Waals surface area contributed by atoms with Crippen LogP contribution in [0.3, 0.4) is 0 Å². The summed E-state index contributed by atoms with van der Waals surface area (Å²) in [6, 6.07) is 21.1. The van der Waals surface area contributed by atoms with Crippen molar-refractivity contribution in [2.45, 2.75) is 12.7 Å². The molecule has 1 atom stereocenters. The van der Waals surface area contributed by atoms with Gasteiger partial charge in [0.1, 0.15) is 0 Å². The van der Waals surface area contributed by atoms with E-state index >= 15 is 0 Å². The Morgan fingerprint density at radius 2 is 1.74 bits per heavy atom. The number of hydrogen-bond donors (Lipinski definition) is 0. The average Bonchev–Trinajstić information content (AvgIpc) is 2.62. The number of aromatic nitrogens is 1. The fourth-order valence-corrected chi connectivity index (χ4v) is 2.39. The Morgan fingerprint density at radius 1 is 1.00 bits per heavy atom. The molecule has 0 amide bonds. The highest BCUT2D eigenvalue weighted by atomic mass is 16.6. The Bertz CT molecular complexity index is 802. The van der Waals surface area contributed by atoms with Gasteiger partial charge in [-0.2, -0.15) is 0 Å². The first kappa shape index (κ1) is 15.2. The van der Waals surface area contributed by atoms with Crippen molar-refractivity contribution in [3.8, 4) is 0 Å². The Hall–Kier alpha value is -2.72. The molecule has 3 rings (SSSR count). The number of carbonyl (C=O) groups is 1. The van der Waals surface area contributed by atoms with Crippen LogP contribution in [0.1, 0.15) is 17.4 Å². The predicted molar refractivity (Wildman–Crippen MR) is 87.7 cm³/mol. The second-order valence-corrected chi connectivity index (χ2v) is 5.12. The molecule has 0 saturated carbocycles. The lowest BCUT2D eigenvalue weighted by Gasteiger charge is -2.16. The van der Waals surface area contributed by atoms with E-state index in [0.717, 1.165) is 22.2 Å². The van der Waals surface area contributed by atoms with Gasteiger partial charge in [0.15, 0.2) is 6.10 Å². The van der Waals surface area contributed by atoms with Gasteiger partial charge >= 0.3 is 5.97 Å². The van der Waals surface area contributed by atoms with Crippen LogP contribution < -0.4 is 0 Å². The summed E-state index contributed by atoms with van der Waals surface area (Å²) >= 11 is 0. The molecule has 3 aromatic rings. The van der Waals surface area contributed by atoms with E-state index in [0.29, 0.717) is 0 Å². The lowest BCUT2D eigenvalue weighted by atomic mass is 10.1. The fourth-order valence-electron chi connectivity index (χ4n) is 2.39. The molecule has 0 aliphatic carbocycles. The molecule has 1 heterocycles. The predicted octanol–water partition coefficient (Wildman–Crippen LogP) is 3.67. The number of esters is 1. The van der Waals surface area contributed by atoms with Crippen LogP contribution in [0.2, 0.25) is 0 Å². The van der Waals surface area contributed by atoms with E-state index in [9.17, 15) is 4.79 Å². The molecule has 4 heteroatoms. The molecule has 0 fully saturated rings. The van der Waals surface area contributed by atoms with Gasteiger partial charge in [-0.3, -0.25) is 4.98 Å². The zero-order valence-corrected chi connectivity index (χ0v) is 12.8. The number of rotatable bonds is 5. The minimum atomic E-state index is -0.755. The van der Waals surface area contributed by atoms with Gasteiger partial charge in [0.2, 0.25) is 0 Å². The number of nitrogens with zero attached hydrogens (tertiary/aromatic N) is 1. The molecular formula is C19H17NO3. The Labute approximate surface area is 134 Å². The van der Waals surface area contributed by atoms with Gasteiger partial charge in [-0.15, -0.1) is 0 Å². The first-order chi connectivity index (χ1) is 11.3. The van der Waals surface area contributed by atoms with E-state index in [1.54, 1.807) is 0 Å². The van der Waals surface area contributed by atoms with Crippen molar-refractivity contribution < 1.29 is 14.3 Å². The van der Waals surface area contributed by atoms with Crippen LogP contribution in [-0.2, 0) is 20.9 Å². The highest BCUT2D eigenvalue weighted by molar-refractivity contribution is 5.78. The molecule has 0 aliphatic heterocycles. The molecule has 0 bridgehead atoms. The maximum absolute atomic E-state index is 12.0. The van der Waals surface area contributed by atoms with Crippen molar-refractivity contribution in [1.82, 2.24) is 4.98 Å². The first-order valence-corrected chi connectivity index (χ1v) is 7.37. The summed E-state index contributed by atoms with van der Waals surface area (Å²) in [5.41, 5.74) is 2.44. The van der Waals surface area contributed by atoms with Crippen molar-refractivity contribution >= 4 is 16.9 Å². The maximum atomic E-state index is 12.0. The zero-order valence-electron chi connectivity index (χ0n) is 12.8. The average molecular weight is 307 g/mol. The van der Waals surface area contributed by atoms with Gasteiger partial charge in [-0.1, -0.05) is 54.6 Å². The molecule has 4 nitrogen and oxygen atoms in total. The third-order valence-corrected chi connectivity index (χ3v) is 3.57. The first-order valence-electron chi connectivity index (χ1n) is 7.37. The SMILES string of the molecule is COC(=O)C(OCc1ccc2ccccc2n1)c1ccccc1. The molecule has 1 unspecified atom stereocenters. The number of ether oxygens (including phenoxy) is 2. The molecule has 0 spiro atoms. The van der Waals surface area contributed by atoms with Gasteiger partial charge in [-0.05, 0) is 17.7 Å². The summed E-state index contributed by atoms with van der Waals surface area (Å²) < 4.78 is 10.6. The molecule has 1 aromatic heterocycles. The third kappa shape index (κ3) is 3.55. The fraction of sp³-hybridized carbons (Fsp3) is 0.158. The smallest absolute Gasteiger partial charge is 0.339 e. The molecule has 0 aliphatic rings. The number of hydrogen-bond acceptors (Lipinski definition) is 4. The molecule has 0 saturated heterocycles. The Morgan fingerprint density at radius 3 is 2.52 bits per heavy atom. The monoisotopic (exact) mass is 307 g/mol. The van der Waals surface area contributed by atoms with E-state index < -0.39 is 12.1 Å². The van der Waals surface area contributed by atoms with Crippen LogP contribution in [0.25, 0.3) is 10.9 Å². The van der Waals surface area contributed by atoms with Crippen LogP contribution in [0.5, 0.6) is 0 Å². The van der Waals surface area contributed by atoms with Crippen molar-refractivity contribution in [2.24, 2.45) is 0 Å². The topological polar surface area (TPSA) is 48.4 Å². The maximum Gasteiger partial charge on any atom is 0.339 e. The van der Waals surface area contributed by atoms with Crippen LogP contribution in [0.15, 0.2) is 66.7 Å². The lowest BCUT2D eigenvalue weighted by Crippen LogP contribution is -2.17. The molecule has 116 valence electrons. The standard InChI is InChI=1S/C19H17NO3/c1-22-19(21)18(15-8-3-2-4-9-15)23-13-16-12-11-14-7-5-6-10-17(14)20-16/h2-12,18H,13H2,1H3. The molecule has 2 aromatic carbocycles. The minimum Gasteiger partial charge on any atom is -0.467 e. The van der Waals surface area contributed by atoms with Crippen molar-refractivity contribution in [3.05, 3.63) is 78.0 Å². The molecular weight excluding hydrogens is 290 g/mol. The number of para-hydroxylation sites is 1. The lowest BCUT2D eigenvalue weighted by molar-refractivity contribution is -0.155. The molecule has 23 heavy (non-hydrogen) atoms. The van der Waals surface area contributed by atoms with Crippen LogP contribution in [0.4, 0.5) is 0 Å². The van der Waals surface area contributed by atoms with Crippen LogP contribution in [-0.4, -0.2) is 18.1 Å². The number of benzene rings is 2. The second kappa shape index (κ2) is 7.03. The summed E-state index contributed by atoms with van der Waals surface area (Å²) in [7, 11) is 1.36. The van der Waals surface area contributed by atoms with Gasteiger partial charge in [-0.25, -0.2) is 4.79 Å². The highest BCUT2D eigenvalue weighted by Gasteiger charge is 2.22. The number of methoxy groups -OCH3 is 1. The second-order valence-electron chi connectivity index (χ2n) is 5.12. The number of carbonyl (C=O) groups excluding carboxylic acids is 1. The summed E-state index contributed by atoms with van der Waals surface area (Å²) in [6.07, 6.45) is -0.755. The van der Waals surface area contributed by atoms with Gasteiger partial charge in [0.05, 0.1) is 24.9 Å². The molecule has 0 radical (unpaired) electrons. The van der Waals surface area contributed by atoms with Gasteiger partial charge < -0.3 is 9.47 Å². The summed E-state index contributed by atoms with van der Waals surface area (Å²) in [4.78, 5) is 16.5. The number of pyridine rings is 1. The van der Waals surface area contributed by atoms with E-state index in [1.807, 2.05) is 66.7 Å². The largest absolute Gasteiger partial charge is 0.467 e. The Kier molecular flexibility index (Phi) is 4.64.